The van der Waals surface area contributed by atoms with Gasteiger partial charge in [0.2, 0.25) is 0 Å². The predicted molar refractivity (Wildman–Crippen MR) is 97.4 cm³/mol. The van der Waals surface area contributed by atoms with E-state index in [1.165, 1.54) is 32.6 Å². The van der Waals surface area contributed by atoms with E-state index in [0.29, 0.717) is 22.7 Å². The largest absolute Gasteiger partial charge is 0.461 e. The van der Waals surface area contributed by atoms with Crippen LogP contribution < -0.4 is 0 Å². The van der Waals surface area contributed by atoms with Crippen LogP contribution in [0.2, 0.25) is 0 Å². The third-order valence-electron chi connectivity index (χ3n) is 8.10. The molecule has 5 nitrogen and oxygen atoms in total. The minimum atomic E-state index is -0.397. The summed E-state index contributed by atoms with van der Waals surface area (Å²) in [4.78, 5) is 23.6. The van der Waals surface area contributed by atoms with Crippen molar-refractivity contribution in [3.05, 3.63) is 23.0 Å². The van der Waals surface area contributed by atoms with Gasteiger partial charge in [0.15, 0.2) is 0 Å². The monoisotopic (exact) mass is 372 g/mol. The van der Waals surface area contributed by atoms with Crippen LogP contribution >= 0.6 is 0 Å². The maximum atomic E-state index is 12.4. The fourth-order valence-corrected chi connectivity index (χ4v) is 6.94. The van der Waals surface area contributed by atoms with E-state index in [2.05, 4.69) is 26.8 Å². The summed E-state index contributed by atoms with van der Waals surface area (Å²) in [5.41, 5.74) is 1.58. The van der Waals surface area contributed by atoms with Crippen molar-refractivity contribution in [3.8, 4) is 0 Å². The molecule has 5 atom stereocenters. The Morgan fingerprint density at radius 2 is 2.04 bits per heavy atom. The fourth-order valence-electron chi connectivity index (χ4n) is 6.94. The van der Waals surface area contributed by atoms with Gasteiger partial charge in [0.1, 0.15) is 24.1 Å². The van der Waals surface area contributed by atoms with Crippen LogP contribution in [-0.2, 0) is 23.8 Å². The van der Waals surface area contributed by atoms with Crippen LogP contribution in [0.3, 0.4) is 0 Å². The molecule has 5 rings (SSSR count). The van der Waals surface area contributed by atoms with Gasteiger partial charge in [-0.3, -0.25) is 4.79 Å². The molecule has 1 spiro atoms. The van der Waals surface area contributed by atoms with Crippen LogP contribution in [0.4, 0.5) is 0 Å². The molecular formula is C22H28O5. The Morgan fingerprint density at radius 1 is 1.26 bits per heavy atom. The van der Waals surface area contributed by atoms with E-state index < -0.39 is 11.9 Å². The third-order valence-corrected chi connectivity index (χ3v) is 8.10. The zero-order valence-electron chi connectivity index (χ0n) is 16.6. The summed E-state index contributed by atoms with van der Waals surface area (Å²) < 4.78 is 17.1. The number of esters is 2. The van der Waals surface area contributed by atoms with Crippen molar-refractivity contribution in [2.45, 2.75) is 71.5 Å². The standard InChI is InChI=1S/C22H28O5/c1-12(23)25-11-13-17-14(26-19(13)24)10-16-21(4)8-5-7-20(2,3)15(21)6-9-22(16)18(17)27-22/h10,15-16,18H,5-9,11H2,1-4H3/t15-,16+,18-,21-,22-/m1/s1. The molecule has 0 bridgehead atoms. The summed E-state index contributed by atoms with van der Waals surface area (Å²) >= 11 is 0. The highest BCUT2D eigenvalue weighted by molar-refractivity contribution is 5.96. The average Bonchev–Trinajstić information content (AvgIpc) is 3.20. The lowest BCUT2D eigenvalue weighted by molar-refractivity contribution is -0.141. The quantitative estimate of drug-likeness (QED) is 0.546. The molecular weight excluding hydrogens is 344 g/mol. The van der Waals surface area contributed by atoms with Gasteiger partial charge in [0.25, 0.3) is 0 Å². The molecule has 146 valence electrons. The molecule has 2 saturated carbocycles. The van der Waals surface area contributed by atoms with E-state index in [1.807, 2.05) is 0 Å². The molecule has 0 N–H and O–H groups in total. The van der Waals surface area contributed by atoms with Crippen molar-refractivity contribution in [2.75, 3.05) is 6.61 Å². The zero-order valence-corrected chi connectivity index (χ0v) is 16.6. The Morgan fingerprint density at radius 3 is 2.78 bits per heavy atom. The maximum Gasteiger partial charge on any atom is 0.343 e. The topological polar surface area (TPSA) is 65.1 Å². The molecule has 1 saturated heterocycles. The van der Waals surface area contributed by atoms with Crippen LogP contribution in [0.15, 0.2) is 23.0 Å². The van der Waals surface area contributed by atoms with E-state index in [1.54, 1.807) is 0 Å². The van der Waals surface area contributed by atoms with Crippen LogP contribution in [-0.4, -0.2) is 30.3 Å². The molecule has 2 aliphatic heterocycles. The maximum absolute atomic E-state index is 12.4. The molecule has 0 unspecified atom stereocenters. The number of ether oxygens (including phenoxy) is 3. The molecule has 3 aliphatic carbocycles. The van der Waals surface area contributed by atoms with Crippen LogP contribution in [0, 0.1) is 22.7 Å². The second-order valence-electron chi connectivity index (χ2n) is 9.96. The van der Waals surface area contributed by atoms with Crippen molar-refractivity contribution >= 4 is 11.9 Å². The first-order valence-corrected chi connectivity index (χ1v) is 10.2. The molecule has 3 fully saturated rings. The van der Waals surface area contributed by atoms with Gasteiger partial charge in [-0.05, 0) is 48.5 Å². The molecule has 2 heterocycles. The highest BCUT2D eigenvalue weighted by Gasteiger charge is 2.73. The summed E-state index contributed by atoms with van der Waals surface area (Å²) in [5, 5.41) is 0. The second kappa shape index (κ2) is 5.25. The normalized spacial score (nSPS) is 43.6. The van der Waals surface area contributed by atoms with Crippen LogP contribution in [0.1, 0.15) is 59.8 Å². The Kier molecular flexibility index (Phi) is 3.40. The number of carbonyl (C=O) groups is 2. The fraction of sp³-hybridized carbons (Fsp3) is 0.727. The van der Waals surface area contributed by atoms with Gasteiger partial charge in [0.05, 0.1) is 5.57 Å². The molecule has 5 heteroatoms. The third kappa shape index (κ3) is 2.21. The number of hydrogen-bond donors (Lipinski definition) is 0. The highest BCUT2D eigenvalue weighted by atomic mass is 16.6. The van der Waals surface area contributed by atoms with Crippen LogP contribution in [0.25, 0.3) is 0 Å². The van der Waals surface area contributed by atoms with Crippen molar-refractivity contribution in [2.24, 2.45) is 22.7 Å². The van der Waals surface area contributed by atoms with Gasteiger partial charge < -0.3 is 14.2 Å². The number of hydrogen-bond acceptors (Lipinski definition) is 5. The molecule has 0 aromatic carbocycles. The summed E-state index contributed by atoms with van der Waals surface area (Å²) in [6.45, 7) is 8.56. The van der Waals surface area contributed by atoms with Gasteiger partial charge in [-0.25, -0.2) is 4.79 Å². The van der Waals surface area contributed by atoms with E-state index >= 15 is 0 Å². The smallest absolute Gasteiger partial charge is 0.343 e. The summed E-state index contributed by atoms with van der Waals surface area (Å²) in [7, 11) is 0. The molecule has 0 amide bonds. The Labute approximate surface area is 160 Å². The Balaban J connectivity index is 1.56. The minimum absolute atomic E-state index is 0.0334. The molecule has 0 aromatic rings. The van der Waals surface area contributed by atoms with Gasteiger partial charge in [0, 0.05) is 18.4 Å². The van der Waals surface area contributed by atoms with Crippen molar-refractivity contribution in [1.29, 1.82) is 0 Å². The predicted octanol–water partition coefficient (Wildman–Crippen LogP) is 3.68. The summed E-state index contributed by atoms with van der Waals surface area (Å²) in [5.74, 6) is 0.779. The van der Waals surface area contributed by atoms with E-state index in [4.69, 9.17) is 14.2 Å². The minimum Gasteiger partial charge on any atom is -0.461 e. The molecule has 5 aliphatic rings. The summed E-state index contributed by atoms with van der Waals surface area (Å²) in [6, 6.07) is 0. The molecule has 0 aromatic heterocycles. The van der Waals surface area contributed by atoms with Gasteiger partial charge in [-0.1, -0.05) is 27.2 Å². The Bertz CT molecular complexity index is 806. The summed E-state index contributed by atoms with van der Waals surface area (Å²) in [6.07, 6.45) is 7.98. The van der Waals surface area contributed by atoms with Gasteiger partial charge >= 0.3 is 11.9 Å². The number of carbonyl (C=O) groups excluding carboxylic acids is 2. The number of rotatable bonds is 2. The van der Waals surface area contributed by atoms with Gasteiger partial charge in [-0.15, -0.1) is 0 Å². The van der Waals surface area contributed by atoms with E-state index in [-0.39, 0.29) is 29.6 Å². The number of fused-ring (bicyclic) bond motifs is 4. The highest BCUT2D eigenvalue weighted by Crippen LogP contribution is 2.71. The van der Waals surface area contributed by atoms with Crippen molar-refractivity contribution in [3.63, 3.8) is 0 Å². The lowest BCUT2D eigenvalue weighted by atomic mass is 9.45. The lowest BCUT2D eigenvalue weighted by Gasteiger charge is -2.59. The average molecular weight is 372 g/mol. The zero-order chi connectivity index (χ0) is 19.2. The molecule has 0 radical (unpaired) electrons. The molecule has 27 heavy (non-hydrogen) atoms. The Hall–Kier alpha value is -1.62. The van der Waals surface area contributed by atoms with Crippen molar-refractivity contribution < 1.29 is 23.8 Å². The first-order chi connectivity index (χ1) is 12.7. The van der Waals surface area contributed by atoms with Gasteiger partial charge in [-0.2, -0.15) is 0 Å². The lowest BCUT2D eigenvalue weighted by Crippen LogP contribution is -2.55. The van der Waals surface area contributed by atoms with Crippen LogP contribution in [0.5, 0.6) is 0 Å². The first-order valence-electron chi connectivity index (χ1n) is 10.2. The van der Waals surface area contributed by atoms with E-state index in [9.17, 15) is 9.59 Å². The number of epoxide rings is 1. The SMILES string of the molecule is CC(=O)OCC1=C2C(=C[C@H]3[C@]4(C)CCCC(C)(C)[C@H]4CC[C@@]34O[C@H]24)OC1=O. The first kappa shape index (κ1) is 17.5. The second-order valence-corrected chi connectivity index (χ2v) is 9.96. The van der Waals surface area contributed by atoms with E-state index in [0.717, 1.165) is 12.0 Å². The van der Waals surface area contributed by atoms with Crippen molar-refractivity contribution in [1.82, 2.24) is 0 Å².